The molecule has 1 aliphatic rings. The fourth-order valence-corrected chi connectivity index (χ4v) is 1.08. The highest BCUT2D eigenvalue weighted by Gasteiger charge is 2.05. The fourth-order valence-electron chi connectivity index (χ4n) is 1.08. The largest absolute Gasteiger partial charge is 0.329 e. The predicted octanol–water partition coefficient (Wildman–Crippen LogP) is 2.70. The molecule has 3 nitrogen and oxygen atoms in total. The zero-order valence-electron chi connectivity index (χ0n) is 6.54. The van der Waals surface area contributed by atoms with Crippen LogP contribution in [0, 0.1) is 4.91 Å². The summed E-state index contributed by atoms with van der Waals surface area (Å²) in [6.07, 6.45) is 6.65. The zero-order chi connectivity index (χ0) is 8.10. The number of hydrogen-bond donors (Lipinski definition) is 0. The molecule has 60 valence electrons. The monoisotopic (exact) mass is 153 g/mol. The molecule has 3 heteroatoms. The van der Waals surface area contributed by atoms with E-state index in [9.17, 15) is 4.91 Å². The molecular weight excluding hydrogens is 142 g/mol. The Kier molecular flexibility index (Phi) is 2.83. The predicted molar refractivity (Wildman–Crippen MR) is 42.6 cm³/mol. The molecule has 0 unspecified atom stereocenters. The van der Waals surface area contributed by atoms with E-state index in [-0.39, 0.29) is 0 Å². The summed E-state index contributed by atoms with van der Waals surface area (Å²) >= 11 is 0. The van der Waals surface area contributed by atoms with Gasteiger partial charge in [0.05, 0.1) is 0 Å². The highest BCUT2D eigenvalue weighted by molar-refractivity contribution is 5.20. The Morgan fingerprint density at radius 2 is 2.36 bits per heavy atom. The van der Waals surface area contributed by atoms with E-state index in [1.807, 2.05) is 12.2 Å². The molecule has 0 spiro atoms. The van der Waals surface area contributed by atoms with Crippen LogP contribution in [0.3, 0.4) is 0 Å². The van der Waals surface area contributed by atoms with Crippen molar-refractivity contribution in [2.24, 2.45) is 5.34 Å². The number of allylic oxidation sites excluding steroid dienone is 4. The Morgan fingerprint density at radius 1 is 1.55 bits per heavy atom. The summed E-state index contributed by atoms with van der Waals surface area (Å²) in [7, 11) is 0. The van der Waals surface area contributed by atoms with E-state index < -0.39 is 0 Å². The van der Waals surface area contributed by atoms with Crippen LogP contribution in [0.1, 0.15) is 26.2 Å². The number of rotatable bonds is 3. The number of hydrogen-bond acceptors (Lipinski definition) is 3. The quantitative estimate of drug-likeness (QED) is 0.462. The van der Waals surface area contributed by atoms with Gasteiger partial charge in [-0.2, -0.15) is 0 Å². The van der Waals surface area contributed by atoms with Crippen molar-refractivity contribution in [3.8, 4) is 0 Å². The van der Waals surface area contributed by atoms with Gasteiger partial charge in [0.15, 0.2) is 5.34 Å². The molecule has 0 aromatic carbocycles. The lowest BCUT2D eigenvalue weighted by Gasteiger charge is -2.09. The Hall–Kier alpha value is -1.12. The van der Waals surface area contributed by atoms with Gasteiger partial charge in [0, 0.05) is 6.42 Å². The first-order valence-corrected chi connectivity index (χ1v) is 3.75. The molecule has 0 saturated heterocycles. The van der Waals surface area contributed by atoms with Gasteiger partial charge in [-0.1, -0.05) is 18.6 Å². The van der Waals surface area contributed by atoms with E-state index in [2.05, 4.69) is 17.1 Å². The molecule has 1 rings (SSSR count). The molecule has 0 aromatic rings. The molecule has 0 amide bonds. The van der Waals surface area contributed by atoms with Gasteiger partial charge in [0.25, 0.3) is 0 Å². The van der Waals surface area contributed by atoms with E-state index in [4.69, 9.17) is 0 Å². The van der Waals surface area contributed by atoms with E-state index in [1.165, 1.54) is 5.57 Å². The summed E-state index contributed by atoms with van der Waals surface area (Å²) in [6, 6.07) is 0. The van der Waals surface area contributed by atoms with Crippen LogP contribution in [0.5, 0.6) is 0 Å². The molecule has 0 saturated carbocycles. The number of nitrogens with zero attached hydrogens (tertiary/aromatic N) is 1. The van der Waals surface area contributed by atoms with Crippen LogP contribution < -0.4 is 0 Å². The summed E-state index contributed by atoms with van der Waals surface area (Å²) in [4.78, 5) is 14.2. The first-order chi connectivity index (χ1) is 5.36. The molecule has 0 atom stereocenters. The summed E-state index contributed by atoms with van der Waals surface area (Å²) in [5, 5.41) is 2.36. The highest BCUT2D eigenvalue weighted by Crippen LogP contribution is 2.20. The lowest BCUT2D eigenvalue weighted by atomic mass is 10.0. The molecule has 11 heavy (non-hydrogen) atoms. The van der Waals surface area contributed by atoms with Crippen molar-refractivity contribution in [2.45, 2.75) is 26.2 Å². The minimum atomic E-state index is 0.664. The Bertz CT molecular complexity index is 206. The van der Waals surface area contributed by atoms with E-state index in [1.54, 1.807) is 0 Å². The maximum Gasteiger partial charge on any atom is 0.160 e. The molecular formula is C8H11NO2. The summed E-state index contributed by atoms with van der Waals surface area (Å²) in [5.41, 5.74) is 1.39. The van der Waals surface area contributed by atoms with Gasteiger partial charge >= 0.3 is 0 Å². The van der Waals surface area contributed by atoms with Crippen LogP contribution in [-0.2, 0) is 4.84 Å². The van der Waals surface area contributed by atoms with E-state index in [0.29, 0.717) is 5.76 Å². The minimum Gasteiger partial charge on any atom is -0.329 e. The van der Waals surface area contributed by atoms with Crippen LogP contribution in [0.4, 0.5) is 0 Å². The second-order valence-electron chi connectivity index (χ2n) is 2.48. The second kappa shape index (κ2) is 3.91. The van der Waals surface area contributed by atoms with Crippen LogP contribution in [0.25, 0.3) is 0 Å². The van der Waals surface area contributed by atoms with E-state index >= 15 is 0 Å². The molecule has 0 N–H and O–H groups in total. The van der Waals surface area contributed by atoms with E-state index in [0.717, 1.165) is 19.3 Å². The molecule has 0 aromatic heterocycles. The average molecular weight is 153 g/mol. The first kappa shape index (κ1) is 7.98. The SMILES string of the molecule is CCC1=CC=C(ON=O)CC1. The van der Waals surface area contributed by atoms with Crippen LogP contribution in [-0.4, -0.2) is 0 Å². The molecule has 0 aliphatic heterocycles. The van der Waals surface area contributed by atoms with Crippen molar-refractivity contribution in [1.29, 1.82) is 0 Å². The Balaban J connectivity index is 2.53. The second-order valence-corrected chi connectivity index (χ2v) is 2.48. The van der Waals surface area contributed by atoms with Gasteiger partial charge in [0.1, 0.15) is 5.76 Å². The van der Waals surface area contributed by atoms with Crippen molar-refractivity contribution >= 4 is 0 Å². The molecule has 1 aliphatic carbocycles. The van der Waals surface area contributed by atoms with Crippen molar-refractivity contribution in [3.05, 3.63) is 28.4 Å². The van der Waals surface area contributed by atoms with Gasteiger partial charge in [-0.05, 0) is 18.9 Å². The first-order valence-electron chi connectivity index (χ1n) is 3.75. The maximum absolute atomic E-state index is 9.69. The standard InChI is InChI=1S/C8H11NO2/c1-2-7-3-5-8(6-4-7)11-9-10/h3,5H,2,4,6H2,1H3. The Labute approximate surface area is 65.7 Å². The van der Waals surface area contributed by atoms with Gasteiger partial charge < -0.3 is 4.84 Å². The average Bonchev–Trinajstić information content (AvgIpc) is 2.07. The highest BCUT2D eigenvalue weighted by atomic mass is 16.7. The lowest BCUT2D eigenvalue weighted by Crippen LogP contribution is -1.93. The van der Waals surface area contributed by atoms with Crippen molar-refractivity contribution in [2.75, 3.05) is 0 Å². The van der Waals surface area contributed by atoms with Crippen LogP contribution in [0.2, 0.25) is 0 Å². The van der Waals surface area contributed by atoms with Crippen LogP contribution >= 0.6 is 0 Å². The van der Waals surface area contributed by atoms with Crippen molar-refractivity contribution in [3.63, 3.8) is 0 Å². The van der Waals surface area contributed by atoms with Crippen LogP contribution in [0.15, 0.2) is 28.8 Å². The fraction of sp³-hybridized carbons (Fsp3) is 0.500. The lowest BCUT2D eigenvalue weighted by molar-refractivity contribution is 0.210. The zero-order valence-corrected chi connectivity index (χ0v) is 6.54. The molecule has 0 bridgehead atoms. The third-order valence-electron chi connectivity index (χ3n) is 1.81. The van der Waals surface area contributed by atoms with Gasteiger partial charge in [-0.3, -0.25) is 0 Å². The third-order valence-corrected chi connectivity index (χ3v) is 1.81. The molecule has 0 radical (unpaired) electrons. The van der Waals surface area contributed by atoms with Crippen molar-refractivity contribution in [1.82, 2.24) is 0 Å². The minimum absolute atomic E-state index is 0.664. The molecule has 0 heterocycles. The van der Waals surface area contributed by atoms with Gasteiger partial charge in [0.2, 0.25) is 0 Å². The summed E-state index contributed by atoms with van der Waals surface area (Å²) in [6.45, 7) is 2.11. The Morgan fingerprint density at radius 3 is 2.82 bits per heavy atom. The third kappa shape index (κ3) is 2.18. The smallest absolute Gasteiger partial charge is 0.160 e. The summed E-state index contributed by atoms with van der Waals surface area (Å²) < 4.78 is 0. The van der Waals surface area contributed by atoms with Crippen molar-refractivity contribution < 1.29 is 4.84 Å². The normalized spacial score (nSPS) is 16.8. The topological polar surface area (TPSA) is 38.7 Å². The maximum atomic E-state index is 9.69. The summed E-state index contributed by atoms with van der Waals surface area (Å²) in [5.74, 6) is 0.664. The molecule has 0 fully saturated rings. The van der Waals surface area contributed by atoms with Gasteiger partial charge in [-0.15, -0.1) is 4.91 Å². The van der Waals surface area contributed by atoms with Gasteiger partial charge in [-0.25, -0.2) is 0 Å².